The van der Waals surface area contributed by atoms with Crippen LogP contribution < -0.4 is 5.32 Å². The Bertz CT molecular complexity index is 636. The lowest BCUT2D eigenvalue weighted by Crippen LogP contribution is -2.16. The quantitative estimate of drug-likeness (QED) is 0.749. The fraction of sp³-hybridized carbons (Fsp3) is 0.333. The van der Waals surface area contributed by atoms with E-state index in [0.29, 0.717) is 5.02 Å². The molecule has 1 aromatic carbocycles. The molecule has 1 heterocycles. The second kappa shape index (κ2) is 5.70. The number of aryl methyl sites for hydroxylation is 1. The number of rotatable bonds is 2. The normalized spacial score (nSPS) is 11.5. The van der Waals surface area contributed by atoms with E-state index in [-0.39, 0.29) is 5.41 Å². The minimum Gasteiger partial charge on any atom is -0.339 e. The van der Waals surface area contributed by atoms with Crippen LogP contribution in [0.2, 0.25) is 5.02 Å². The van der Waals surface area contributed by atoms with Gasteiger partial charge in [0.1, 0.15) is 16.2 Å². The lowest BCUT2D eigenvalue weighted by atomic mass is 9.96. The molecule has 1 N–H and O–H groups in total. The van der Waals surface area contributed by atoms with E-state index < -0.39 is 0 Å². The summed E-state index contributed by atoms with van der Waals surface area (Å²) in [4.78, 5) is 8.98. The van der Waals surface area contributed by atoms with Crippen LogP contribution in [0, 0.1) is 6.92 Å². The summed E-state index contributed by atoms with van der Waals surface area (Å²) in [5, 5.41) is 3.92. The molecule has 0 unspecified atom stereocenters. The molecule has 0 saturated carbocycles. The van der Waals surface area contributed by atoms with Crippen molar-refractivity contribution in [3.05, 3.63) is 45.3 Å². The molecule has 20 heavy (non-hydrogen) atoms. The van der Waals surface area contributed by atoms with Crippen molar-refractivity contribution in [2.45, 2.75) is 33.1 Å². The van der Waals surface area contributed by atoms with Crippen molar-refractivity contribution in [1.82, 2.24) is 9.97 Å². The first-order valence-electron chi connectivity index (χ1n) is 6.34. The van der Waals surface area contributed by atoms with E-state index in [4.69, 9.17) is 11.6 Å². The van der Waals surface area contributed by atoms with Crippen molar-refractivity contribution in [2.75, 3.05) is 5.32 Å². The van der Waals surface area contributed by atoms with E-state index in [0.717, 1.165) is 27.5 Å². The minimum atomic E-state index is -0.114. The Morgan fingerprint density at radius 1 is 1.15 bits per heavy atom. The van der Waals surface area contributed by atoms with E-state index in [2.05, 4.69) is 52.0 Å². The summed E-state index contributed by atoms with van der Waals surface area (Å²) < 4.78 is 0.753. The van der Waals surface area contributed by atoms with Gasteiger partial charge in [0.25, 0.3) is 0 Å². The summed E-state index contributed by atoms with van der Waals surface area (Å²) in [5.41, 5.74) is 1.87. The lowest BCUT2D eigenvalue weighted by molar-refractivity contribution is 0.544. The molecular formula is C15H17BrClN3. The Morgan fingerprint density at radius 3 is 2.50 bits per heavy atom. The topological polar surface area (TPSA) is 37.8 Å². The molecule has 0 amide bonds. The minimum absolute atomic E-state index is 0.114. The average molecular weight is 355 g/mol. The molecule has 5 heteroatoms. The van der Waals surface area contributed by atoms with Crippen molar-refractivity contribution in [3.8, 4) is 0 Å². The van der Waals surface area contributed by atoms with Gasteiger partial charge in [0.2, 0.25) is 0 Å². The Hall–Kier alpha value is -1.13. The average Bonchev–Trinajstić information content (AvgIpc) is 2.32. The molecular weight excluding hydrogens is 338 g/mol. The maximum Gasteiger partial charge on any atom is 0.137 e. The maximum atomic E-state index is 6.20. The van der Waals surface area contributed by atoms with E-state index in [1.165, 1.54) is 0 Å². The summed E-state index contributed by atoms with van der Waals surface area (Å²) in [5.74, 6) is 1.50. The smallest absolute Gasteiger partial charge is 0.137 e. The third kappa shape index (κ3) is 3.70. The van der Waals surface area contributed by atoms with Crippen LogP contribution >= 0.6 is 27.5 Å². The lowest BCUT2D eigenvalue weighted by Gasteiger charge is -2.18. The van der Waals surface area contributed by atoms with Crippen molar-refractivity contribution < 1.29 is 0 Å². The van der Waals surface area contributed by atoms with Crippen molar-refractivity contribution >= 4 is 39.0 Å². The Labute approximate surface area is 132 Å². The summed E-state index contributed by atoms with van der Waals surface area (Å²) in [7, 11) is 0. The molecule has 0 atom stereocenters. The first kappa shape index (κ1) is 15.3. The number of benzene rings is 1. The highest BCUT2D eigenvalue weighted by Gasteiger charge is 2.19. The first-order chi connectivity index (χ1) is 9.25. The Kier molecular flexibility index (Phi) is 4.35. The number of anilines is 2. The SMILES string of the molecule is Cc1ccc(Cl)c(Nc2cc(Br)nc(C(C)(C)C)n2)c1. The van der Waals surface area contributed by atoms with Crippen LogP contribution in [-0.4, -0.2) is 9.97 Å². The predicted octanol–water partition coefficient (Wildman–Crippen LogP) is 5.24. The number of halogens is 2. The summed E-state index contributed by atoms with van der Waals surface area (Å²) in [6.07, 6.45) is 0. The van der Waals surface area contributed by atoms with E-state index >= 15 is 0 Å². The first-order valence-corrected chi connectivity index (χ1v) is 7.51. The number of nitrogens with one attached hydrogen (secondary N) is 1. The molecule has 0 saturated heterocycles. The highest BCUT2D eigenvalue weighted by Crippen LogP contribution is 2.28. The van der Waals surface area contributed by atoms with Gasteiger partial charge in [0.15, 0.2) is 0 Å². The molecule has 0 spiro atoms. The molecule has 2 aromatic rings. The second-order valence-corrected chi connectivity index (χ2v) is 6.98. The zero-order chi connectivity index (χ0) is 14.9. The second-order valence-electron chi connectivity index (χ2n) is 5.76. The van der Waals surface area contributed by atoms with Gasteiger partial charge >= 0.3 is 0 Å². The molecule has 0 radical (unpaired) electrons. The summed E-state index contributed by atoms with van der Waals surface area (Å²) in [6.45, 7) is 8.27. The van der Waals surface area contributed by atoms with Crippen molar-refractivity contribution in [1.29, 1.82) is 0 Å². The predicted molar refractivity (Wildman–Crippen MR) is 87.9 cm³/mol. The molecule has 0 fully saturated rings. The van der Waals surface area contributed by atoms with Gasteiger partial charge in [0, 0.05) is 11.5 Å². The van der Waals surface area contributed by atoms with Gasteiger partial charge in [-0.05, 0) is 40.5 Å². The molecule has 106 valence electrons. The van der Waals surface area contributed by atoms with Gasteiger partial charge in [-0.1, -0.05) is 38.4 Å². The number of aromatic nitrogens is 2. The van der Waals surface area contributed by atoms with Crippen LogP contribution in [0.25, 0.3) is 0 Å². The van der Waals surface area contributed by atoms with E-state index in [9.17, 15) is 0 Å². The molecule has 1 aromatic heterocycles. The highest BCUT2D eigenvalue weighted by atomic mass is 79.9. The van der Waals surface area contributed by atoms with Gasteiger partial charge in [-0.15, -0.1) is 0 Å². The molecule has 2 rings (SSSR count). The maximum absolute atomic E-state index is 6.20. The molecule has 3 nitrogen and oxygen atoms in total. The van der Waals surface area contributed by atoms with Gasteiger partial charge in [-0.25, -0.2) is 9.97 Å². The van der Waals surface area contributed by atoms with Gasteiger partial charge in [-0.3, -0.25) is 0 Å². The fourth-order valence-electron chi connectivity index (χ4n) is 1.69. The fourth-order valence-corrected chi connectivity index (χ4v) is 2.24. The van der Waals surface area contributed by atoms with Crippen LogP contribution in [0.1, 0.15) is 32.2 Å². The molecule has 0 aliphatic heterocycles. The number of hydrogen-bond acceptors (Lipinski definition) is 3. The van der Waals surface area contributed by atoms with Gasteiger partial charge in [0.05, 0.1) is 10.7 Å². The monoisotopic (exact) mass is 353 g/mol. The largest absolute Gasteiger partial charge is 0.339 e. The Balaban J connectivity index is 2.39. The van der Waals surface area contributed by atoms with Crippen LogP contribution in [0.4, 0.5) is 11.5 Å². The van der Waals surface area contributed by atoms with Crippen LogP contribution in [0.3, 0.4) is 0 Å². The standard InChI is InChI=1S/C15H17BrClN3/c1-9-5-6-10(17)11(7-9)18-13-8-12(16)19-14(20-13)15(2,3)4/h5-8H,1-4H3,(H,18,19,20). The van der Waals surface area contributed by atoms with Gasteiger partial charge in [-0.2, -0.15) is 0 Å². The van der Waals surface area contributed by atoms with Crippen molar-refractivity contribution in [2.24, 2.45) is 0 Å². The van der Waals surface area contributed by atoms with Gasteiger partial charge < -0.3 is 5.32 Å². The summed E-state index contributed by atoms with van der Waals surface area (Å²) in [6, 6.07) is 7.69. The molecule has 0 bridgehead atoms. The molecule has 0 aliphatic rings. The summed E-state index contributed by atoms with van der Waals surface area (Å²) >= 11 is 9.63. The zero-order valence-corrected chi connectivity index (χ0v) is 14.3. The van der Waals surface area contributed by atoms with Crippen LogP contribution in [-0.2, 0) is 5.41 Å². The Morgan fingerprint density at radius 2 is 1.85 bits per heavy atom. The van der Waals surface area contributed by atoms with E-state index in [1.807, 2.05) is 31.2 Å². The zero-order valence-electron chi connectivity index (χ0n) is 12.0. The molecule has 0 aliphatic carbocycles. The van der Waals surface area contributed by atoms with Crippen LogP contribution in [0.15, 0.2) is 28.9 Å². The van der Waals surface area contributed by atoms with E-state index in [1.54, 1.807) is 0 Å². The number of hydrogen-bond donors (Lipinski definition) is 1. The highest BCUT2D eigenvalue weighted by molar-refractivity contribution is 9.10. The number of nitrogens with zero attached hydrogens (tertiary/aromatic N) is 2. The third-order valence-electron chi connectivity index (χ3n) is 2.75. The third-order valence-corrected chi connectivity index (χ3v) is 3.49. The van der Waals surface area contributed by atoms with Crippen molar-refractivity contribution in [3.63, 3.8) is 0 Å². The van der Waals surface area contributed by atoms with Crippen LogP contribution in [0.5, 0.6) is 0 Å².